The average molecular weight is 421 g/mol. The van der Waals surface area contributed by atoms with Crippen molar-refractivity contribution in [2.75, 3.05) is 18.0 Å². The first-order chi connectivity index (χ1) is 15.8. The molecule has 1 atom stereocenters. The second kappa shape index (κ2) is 7.71. The highest BCUT2D eigenvalue weighted by Gasteiger charge is 2.17. The minimum Gasteiger partial charge on any atom is -0.357 e. The van der Waals surface area contributed by atoms with Gasteiger partial charge in [0.2, 0.25) is 0 Å². The summed E-state index contributed by atoms with van der Waals surface area (Å²) in [5.41, 5.74) is 6.16. The highest BCUT2D eigenvalue weighted by Crippen LogP contribution is 2.31. The second-order valence-corrected chi connectivity index (χ2v) is 8.44. The van der Waals surface area contributed by atoms with Gasteiger partial charge in [0.05, 0.1) is 17.8 Å². The molecule has 6 nitrogen and oxygen atoms in total. The average Bonchev–Trinajstić information content (AvgIpc) is 3.54. The smallest absolute Gasteiger partial charge is 0.132 e. The molecule has 0 radical (unpaired) electrons. The Morgan fingerprint density at radius 1 is 0.812 bits per heavy atom. The fourth-order valence-corrected chi connectivity index (χ4v) is 4.64. The Balaban J connectivity index is 1.45. The molecule has 32 heavy (non-hydrogen) atoms. The Morgan fingerprint density at radius 2 is 1.62 bits per heavy atom. The predicted octanol–water partition coefficient (Wildman–Crippen LogP) is 5.25. The van der Waals surface area contributed by atoms with Crippen LogP contribution in [-0.4, -0.2) is 38.1 Å². The van der Waals surface area contributed by atoms with Crippen molar-refractivity contribution in [3.8, 4) is 11.1 Å². The van der Waals surface area contributed by atoms with Gasteiger partial charge in [-0.3, -0.25) is 4.98 Å². The lowest BCUT2D eigenvalue weighted by Crippen LogP contribution is -2.18. The van der Waals surface area contributed by atoms with Crippen LogP contribution in [0, 0.1) is 0 Å². The van der Waals surface area contributed by atoms with Crippen LogP contribution in [0.25, 0.3) is 33.1 Å². The standard InChI is InChI=1S/C26H24N6/c1-18(19-7-3-2-4-8-19)32-26-22-15-20(9-11-23(22)27-17-24(26)29-30-32)21-10-12-25(28-16-21)31-13-5-6-14-31/h2-4,7-12,15-18H,5-6,13-14H2,1H3/t18-/m1/s1. The van der Waals surface area contributed by atoms with Gasteiger partial charge in [-0.2, -0.15) is 0 Å². The van der Waals surface area contributed by atoms with Crippen LogP contribution in [0.5, 0.6) is 0 Å². The molecule has 4 heterocycles. The quantitative estimate of drug-likeness (QED) is 0.397. The molecule has 1 aliphatic rings. The number of fused-ring (bicyclic) bond motifs is 3. The maximum Gasteiger partial charge on any atom is 0.132 e. The number of anilines is 1. The zero-order valence-electron chi connectivity index (χ0n) is 18.0. The highest BCUT2D eigenvalue weighted by molar-refractivity contribution is 6.03. The summed E-state index contributed by atoms with van der Waals surface area (Å²) in [6.07, 6.45) is 6.29. The largest absolute Gasteiger partial charge is 0.357 e. The van der Waals surface area contributed by atoms with Crippen LogP contribution in [0.15, 0.2) is 73.1 Å². The zero-order chi connectivity index (χ0) is 21.5. The normalized spacial score (nSPS) is 15.0. The van der Waals surface area contributed by atoms with Crippen molar-refractivity contribution in [1.82, 2.24) is 25.0 Å². The topological polar surface area (TPSA) is 59.7 Å². The van der Waals surface area contributed by atoms with E-state index in [0.29, 0.717) is 0 Å². The minimum absolute atomic E-state index is 0.0665. The summed E-state index contributed by atoms with van der Waals surface area (Å²) in [4.78, 5) is 11.7. The van der Waals surface area contributed by atoms with Gasteiger partial charge < -0.3 is 4.90 Å². The Hall–Kier alpha value is -3.80. The number of hydrogen-bond donors (Lipinski definition) is 0. The molecule has 1 aliphatic heterocycles. The van der Waals surface area contributed by atoms with Gasteiger partial charge in [0, 0.05) is 30.2 Å². The number of nitrogens with zero attached hydrogens (tertiary/aromatic N) is 6. The van der Waals surface area contributed by atoms with Gasteiger partial charge in [-0.25, -0.2) is 9.67 Å². The van der Waals surface area contributed by atoms with Gasteiger partial charge in [-0.05, 0) is 55.2 Å². The van der Waals surface area contributed by atoms with E-state index in [0.717, 1.165) is 52.0 Å². The number of pyridine rings is 2. The first-order valence-electron chi connectivity index (χ1n) is 11.2. The van der Waals surface area contributed by atoms with Gasteiger partial charge in [0.15, 0.2) is 0 Å². The van der Waals surface area contributed by atoms with Gasteiger partial charge >= 0.3 is 0 Å². The van der Waals surface area contributed by atoms with Crippen molar-refractivity contribution in [1.29, 1.82) is 0 Å². The summed E-state index contributed by atoms with van der Waals surface area (Å²) >= 11 is 0. The van der Waals surface area contributed by atoms with Crippen molar-refractivity contribution in [2.45, 2.75) is 25.8 Å². The number of rotatable bonds is 4. The molecule has 0 aliphatic carbocycles. The van der Waals surface area contributed by atoms with Crippen LogP contribution in [-0.2, 0) is 0 Å². The first kappa shape index (κ1) is 18.9. The summed E-state index contributed by atoms with van der Waals surface area (Å²) in [6.45, 7) is 4.35. The Labute approximate surface area is 186 Å². The van der Waals surface area contributed by atoms with Crippen LogP contribution in [0.2, 0.25) is 0 Å². The minimum atomic E-state index is 0.0665. The van der Waals surface area contributed by atoms with Gasteiger partial charge in [-0.15, -0.1) is 5.10 Å². The lowest BCUT2D eigenvalue weighted by molar-refractivity contribution is 0.561. The Kier molecular flexibility index (Phi) is 4.56. The highest BCUT2D eigenvalue weighted by atomic mass is 15.4. The van der Waals surface area contributed by atoms with Crippen molar-refractivity contribution >= 4 is 27.8 Å². The van der Waals surface area contributed by atoms with Crippen LogP contribution >= 0.6 is 0 Å². The number of benzene rings is 2. The molecular weight excluding hydrogens is 396 g/mol. The monoisotopic (exact) mass is 420 g/mol. The van der Waals surface area contributed by atoms with E-state index in [9.17, 15) is 0 Å². The number of hydrogen-bond acceptors (Lipinski definition) is 5. The summed E-state index contributed by atoms with van der Waals surface area (Å²) in [5.74, 6) is 1.06. The van der Waals surface area contributed by atoms with Gasteiger partial charge in [0.1, 0.15) is 16.9 Å². The molecule has 0 saturated carbocycles. The van der Waals surface area contributed by atoms with Crippen molar-refractivity contribution < 1.29 is 0 Å². The van der Waals surface area contributed by atoms with Crippen LogP contribution in [0.1, 0.15) is 31.4 Å². The molecule has 0 amide bonds. The summed E-state index contributed by atoms with van der Waals surface area (Å²) in [5, 5.41) is 9.95. The molecule has 0 unspecified atom stereocenters. The van der Waals surface area contributed by atoms with Crippen molar-refractivity contribution in [2.24, 2.45) is 0 Å². The van der Waals surface area contributed by atoms with Crippen LogP contribution in [0.4, 0.5) is 5.82 Å². The Morgan fingerprint density at radius 3 is 2.41 bits per heavy atom. The van der Waals surface area contributed by atoms with Gasteiger partial charge in [0.25, 0.3) is 0 Å². The number of aromatic nitrogens is 5. The molecule has 1 saturated heterocycles. The molecule has 0 spiro atoms. The fourth-order valence-electron chi connectivity index (χ4n) is 4.64. The van der Waals surface area contributed by atoms with Crippen molar-refractivity contribution in [3.05, 3.63) is 78.6 Å². The van der Waals surface area contributed by atoms with E-state index in [1.807, 2.05) is 23.1 Å². The third-order valence-electron chi connectivity index (χ3n) is 6.46. The summed E-state index contributed by atoms with van der Waals surface area (Å²) in [6, 6.07) is 21.1. The summed E-state index contributed by atoms with van der Waals surface area (Å²) in [7, 11) is 0. The molecule has 2 aromatic carbocycles. The predicted molar refractivity (Wildman–Crippen MR) is 128 cm³/mol. The van der Waals surface area contributed by atoms with E-state index in [-0.39, 0.29) is 6.04 Å². The molecule has 0 bridgehead atoms. The molecule has 158 valence electrons. The van der Waals surface area contributed by atoms with Gasteiger partial charge in [-0.1, -0.05) is 41.6 Å². The Bertz CT molecular complexity index is 1390. The lowest BCUT2D eigenvalue weighted by Gasteiger charge is -2.16. The van der Waals surface area contributed by atoms with E-state index < -0.39 is 0 Å². The van der Waals surface area contributed by atoms with Crippen LogP contribution in [0.3, 0.4) is 0 Å². The molecular formula is C26H24N6. The maximum absolute atomic E-state index is 4.74. The van der Waals surface area contributed by atoms with E-state index >= 15 is 0 Å². The second-order valence-electron chi connectivity index (χ2n) is 8.44. The van der Waals surface area contributed by atoms with E-state index in [2.05, 4.69) is 81.7 Å². The molecule has 0 N–H and O–H groups in total. The lowest BCUT2D eigenvalue weighted by atomic mass is 10.0. The van der Waals surface area contributed by atoms with Crippen LogP contribution < -0.4 is 4.90 Å². The third-order valence-corrected chi connectivity index (χ3v) is 6.46. The SMILES string of the molecule is C[C@H](c1ccccc1)n1nnc2cnc3ccc(-c4ccc(N5CCCC5)nc4)cc3c21. The molecule has 3 aromatic heterocycles. The maximum atomic E-state index is 4.74. The van der Waals surface area contributed by atoms with Crippen molar-refractivity contribution in [3.63, 3.8) is 0 Å². The molecule has 5 aromatic rings. The molecule has 6 heteroatoms. The summed E-state index contributed by atoms with van der Waals surface area (Å²) < 4.78 is 2.01. The van der Waals surface area contributed by atoms with E-state index in [1.165, 1.54) is 18.4 Å². The zero-order valence-corrected chi connectivity index (χ0v) is 18.0. The molecule has 1 fully saturated rings. The van der Waals surface area contributed by atoms with E-state index in [1.54, 1.807) is 0 Å². The fraction of sp³-hybridized carbons (Fsp3) is 0.231. The third kappa shape index (κ3) is 3.19. The molecule has 6 rings (SSSR count). The van der Waals surface area contributed by atoms with E-state index in [4.69, 9.17) is 4.98 Å². The first-order valence-corrected chi connectivity index (χ1v) is 11.2.